The molecule has 4 nitrogen and oxygen atoms in total. The van der Waals surface area contributed by atoms with Crippen LogP contribution in [0.25, 0.3) is 0 Å². The molecule has 15 heavy (non-hydrogen) atoms. The van der Waals surface area contributed by atoms with Crippen LogP contribution in [0.5, 0.6) is 0 Å². The number of aromatic nitrogens is 2. The number of rotatable bonds is 5. The Hall–Kier alpha value is -1.34. The molecule has 4 heteroatoms. The van der Waals surface area contributed by atoms with E-state index >= 15 is 0 Å². The summed E-state index contributed by atoms with van der Waals surface area (Å²) in [6, 6.07) is 2.60. The van der Waals surface area contributed by atoms with E-state index in [4.69, 9.17) is 5.26 Å². The van der Waals surface area contributed by atoms with E-state index in [-0.39, 0.29) is 6.04 Å². The Labute approximate surface area is 90.9 Å². The van der Waals surface area contributed by atoms with Crippen molar-refractivity contribution in [3.05, 3.63) is 18.7 Å². The Kier molecular flexibility index (Phi) is 3.87. The lowest BCUT2D eigenvalue weighted by Gasteiger charge is -2.26. The molecule has 0 aliphatic carbocycles. The van der Waals surface area contributed by atoms with Crippen LogP contribution in [0.2, 0.25) is 0 Å². The smallest absolute Gasteiger partial charge is 0.105 e. The maximum Gasteiger partial charge on any atom is 0.105 e. The molecule has 1 aromatic heterocycles. The van der Waals surface area contributed by atoms with Gasteiger partial charge >= 0.3 is 0 Å². The van der Waals surface area contributed by atoms with Gasteiger partial charge in [-0.05, 0) is 26.8 Å². The van der Waals surface area contributed by atoms with Gasteiger partial charge in [-0.3, -0.25) is 5.32 Å². The molecule has 0 saturated carbocycles. The third kappa shape index (κ3) is 3.07. The Morgan fingerprint density at radius 1 is 1.67 bits per heavy atom. The predicted octanol–water partition coefficient (Wildman–Crippen LogP) is 1.73. The Morgan fingerprint density at radius 3 is 2.87 bits per heavy atom. The van der Waals surface area contributed by atoms with Gasteiger partial charge in [0.15, 0.2) is 0 Å². The van der Waals surface area contributed by atoms with Crippen LogP contribution in [0.4, 0.5) is 0 Å². The van der Waals surface area contributed by atoms with Gasteiger partial charge in [-0.1, -0.05) is 6.92 Å². The van der Waals surface area contributed by atoms with Crippen LogP contribution < -0.4 is 5.32 Å². The second-order valence-electron chi connectivity index (χ2n) is 4.04. The van der Waals surface area contributed by atoms with Crippen LogP contribution in [0, 0.1) is 11.3 Å². The van der Waals surface area contributed by atoms with Gasteiger partial charge in [-0.2, -0.15) is 5.26 Å². The maximum atomic E-state index is 9.13. The molecule has 82 valence electrons. The van der Waals surface area contributed by atoms with Crippen molar-refractivity contribution >= 4 is 0 Å². The summed E-state index contributed by atoms with van der Waals surface area (Å²) in [7, 11) is 0. The molecule has 1 rings (SSSR count). The highest BCUT2D eigenvalue weighted by Gasteiger charge is 2.25. The van der Waals surface area contributed by atoms with E-state index in [1.807, 2.05) is 24.6 Å². The monoisotopic (exact) mass is 206 g/mol. The molecule has 0 radical (unpaired) electrons. The van der Waals surface area contributed by atoms with Crippen LogP contribution in [-0.4, -0.2) is 21.6 Å². The summed E-state index contributed by atoms with van der Waals surface area (Å²) in [6.07, 6.45) is 6.24. The number of hydrogen-bond acceptors (Lipinski definition) is 3. The van der Waals surface area contributed by atoms with E-state index in [0.717, 1.165) is 13.0 Å². The molecule has 2 atom stereocenters. The van der Waals surface area contributed by atoms with Crippen molar-refractivity contribution in [2.75, 3.05) is 6.54 Å². The second kappa shape index (κ2) is 4.94. The molecule has 1 aromatic rings. The van der Waals surface area contributed by atoms with E-state index < -0.39 is 5.54 Å². The van der Waals surface area contributed by atoms with Crippen molar-refractivity contribution in [1.29, 1.82) is 5.26 Å². The van der Waals surface area contributed by atoms with E-state index in [0.29, 0.717) is 0 Å². The number of nitrogens with zero attached hydrogens (tertiary/aromatic N) is 3. The quantitative estimate of drug-likeness (QED) is 0.798. The lowest BCUT2D eigenvalue weighted by Crippen LogP contribution is -2.42. The van der Waals surface area contributed by atoms with Gasteiger partial charge in [0.1, 0.15) is 5.54 Å². The highest BCUT2D eigenvalue weighted by molar-refractivity contribution is 5.05. The zero-order valence-corrected chi connectivity index (χ0v) is 9.57. The average Bonchev–Trinajstić information content (AvgIpc) is 2.71. The molecule has 0 saturated heterocycles. The van der Waals surface area contributed by atoms with Gasteiger partial charge in [0.05, 0.1) is 12.4 Å². The predicted molar refractivity (Wildman–Crippen MR) is 59.2 cm³/mol. The molecule has 2 unspecified atom stereocenters. The summed E-state index contributed by atoms with van der Waals surface area (Å²) in [4.78, 5) is 4.00. The van der Waals surface area contributed by atoms with Gasteiger partial charge in [0.25, 0.3) is 0 Å². The van der Waals surface area contributed by atoms with Gasteiger partial charge < -0.3 is 4.57 Å². The molecule has 0 fully saturated rings. The first-order valence-corrected chi connectivity index (χ1v) is 5.25. The molecule has 1 heterocycles. The lowest BCUT2D eigenvalue weighted by molar-refractivity contribution is 0.353. The fourth-order valence-corrected chi connectivity index (χ4v) is 1.77. The fourth-order valence-electron chi connectivity index (χ4n) is 1.77. The second-order valence-corrected chi connectivity index (χ2v) is 4.04. The van der Waals surface area contributed by atoms with E-state index in [2.05, 4.69) is 23.3 Å². The Morgan fingerprint density at radius 2 is 2.40 bits per heavy atom. The molecule has 1 N–H and O–H groups in total. The molecule has 0 aliphatic rings. The van der Waals surface area contributed by atoms with Crippen molar-refractivity contribution < 1.29 is 0 Å². The third-order valence-corrected chi connectivity index (χ3v) is 2.55. The van der Waals surface area contributed by atoms with E-state index in [1.54, 1.807) is 12.5 Å². The van der Waals surface area contributed by atoms with E-state index in [1.165, 1.54) is 0 Å². The zero-order valence-electron chi connectivity index (χ0n) is 9.57. The van der Waals surface area contributed by atoms with Crippen LogP contribution in [0.1, 0.15) is 33.2 Å². The summed E-state index contributed by atoms with van der Waals surface area (Å²) in [6.45, 7) is 6.84. The first-order chi connectivity index (χ1) is 7.11. The van der Waals surface area contributed by atoms with Crippen molar-refractivity contribution in [2.24, 2.45) is 0 Å². The van der Waals surface area contributed by atoms with Gasteiger partial charge in [0.2, 0.25) is 0 Å². The van der Waals surface area contributed by atoms with E-state index in [9.17, 15) is 0 Å². The summed E-state index contributed by atoms with van der Waals surface area (Å²) in [5.41, 5.74) is -0.460. The molecule has 0 amide bonds. The molecule has 0 aliphatic heterocycles. The summed E-state index contributed by atoms with van der Waals surface area (Å²) in [5.74, 6) is 0. The molecule has 0 bridgehead atoms. The van der Waals surface area contributed by atoms with Crippen LogP contribution in [0.3, 0.4) is 0 Å². The Bertz CT molecular complexity index is 325. The highest BCUT2D eigenvalue weighted by atomic mass is 15.1. The van der Waals surface area contributed by atoms with Gasteiger partial charge in [-0.15, -0.1) is 0 Å². The topological polar surface area (TPSA) is 53.6 Å². The number of imidazole rings is 1. The summed E-state index contributed by atoms with van der Waals surface area (Å²) >= 11 is 0. The summed E-state index contributed by atoms with van der Waals surface area (Å²) < 4.78 is 2.02. The molecular formula is C11H18N4. The van der Waals surface area contributed by atoms with Crippen molar-refractivity contribution in [3.63, 3.8) is 0 Å². The van der Waals surface area contributed by atoms with Crippen molar-refractivity contribution in [1.82, 2.24) is 14.9 Å². The fraction of sp³-hybridized carbons (Fsp3) is 0.636. The average molecular weight is 206 g/mol. The Balaban J connectivity index is 2.64. The lowest BCUT2D eigenvalue weighted by atomic mass is 9.95. The van der Waals surface area contributed by atoms with Crippen LogP contribution in [-0.2, 0) is 0 Å². The van der Waals surface area contributed by atoms with Crippen LogP contribution in [0.15, 0.2) is 18.7 Å². The largest absolute Gasteiger partial charge is 0.335 e. The minimum Gasteiger partial charge on any atom is -0.335 e. The number of nitrogens with one attached hydrogen (secondary N) is 1. The zero-order chi connectivity index (χ0) is 11.3. The van der Waals surface area contributed by atoms with Crippen molar-refractivity contribution in [2.45, 2.75) is 38.8 Å². The minimum absolute atomic E-state index is 0.274. The van der Waals surface area contributed by atoms with Gasteiger partial charge in [0, 0.05) is 18.4 Å². The first kappa shape index (κ1) is 11.7. The summed E-state index contributed by atoms with van der Waals surface area (Å²) in [5, 5.41) is 12.3. The maximum absolute atomic E-state index is 9.13. The highest BCUT2D eigenvalue weighted by Crippen LogP contribution is 2.19. The molecule has 0 spiro atoms. The third-order valence-electron chi connectivity index (χ3n) is 2.55. The number of hydrogen-bond donors (Lipinski definition) is 1. The van der Waals surface area contributed by atoms with Crippen LogP contribution >= 0.6 is 0 Å². The first-order valence-electron chi connectivity index (χ1n) is 5.25. The standard InChI is InChI=1S/C11H18N4/c1-4-14-11(3,8-12)7-10(2)15-6-5-13-9-15/h5-6,9-10,14H,4,7H2,1-3H3. The normalized spacial score (nSPS) is 16.7. The minimum atomic E-state index is -0.460. The van der Waals surface area contributed by atoms with Gasteiger partial charge in [-0.25, -0.2) is 4.98 Å². The van der Waals surface area contributed by atoms with Crippen molar-refractivity contribution in [3.8, 4) is 6.07 Å². The molecular weight excluding hydrogens is 188 g/mol. The number of nitriles is 1. The molecule has 0 aromatic carbocycles. The SMILES string of the molecule is CCNC(C)(C#N)CC(C)n1ccnc1.